The number of nitro benzene ring substituents is 1. The third-order valence-corrected chi connectivity index (χ3v) is 4.77. The lowest BCUT2D eigenvalue weighted by atomic mass is 10.1. The summed E-state index contributed by atoms with van der Waals surface area (Å²) < 4.78 is 1.72. The number of hydrazone groups is 1. The standard InChI is InChI=1S/C24H19N5O3/c1-17-7-11-19(12-8-17)23-15-22(27-28(23)20-5-3-2-4-6-20)24(30)26-25-16-18-9-13-21(14-10-18)29(31)32/h2-16H,1H3,(H,26,30)/b25-16-. The number of amides is 1. The van der Waals surface area contributed by atoms with Crippen LogP contribution in [0.5, 0.6) is 0 Å². The highest BCUT2D eigenvalue weighted by atomic mass is 16.6. The van der Waals surface area contributed by atoms with E-state index in [2.05, 4.69) is 15.6 Å². The summed E-state index contributed by atoms with van der Waals surface area (Å²) in [5.41, 5.74) is 6.95. The molecule has 0 fully saturated rings. The van der Waals surface area contributed by atoms with Crippen LogP contribution in [0.15, 0.2) is 90.0 Å². The summed E-state index contributed by atoms with van der Waals surface area (Å²) in [6, 6.07) is 25.1. The Hall–Kier alpha value is -4.59. The number of carbonyl (C=O) groups excluding carboxylic acids is 1. The summed E-state index contributed by atoms with van der Waals surface area (Å²) in [4.78, 5) is 22.9. The largest absolute Gasteiger partial charge is 0.291 e. The molecular formula is C24H19N5O3. The highest BCUT2D eigenvalue weighted by Crippen LogP contribution is 2.24. The van der Waals surface area contributed by atoms with Gasteiger partial charge in [-0.15, -0.1) is 0 Å². The molecule has 0 saturated heterocycles. The SMILES string of the molecule is Cc1ccc(-c2cc(C(=O)N/N=C\c3ccc([N+](=O)[O-])cc3)nn2-c2ccccc2)cc1. The second-order valence-corrected chi connectivity index (χ2v) is 7.08. The molecule has 0 aliphatic heterocycles. The van der Waals surface area contributed by atoms with E-state index < -0.39 is 10.8 Å². The van der Waals surface area contributed by atoms with Crippen molar-refractivity contribution in [3.05, 3.63) is 112 Å². The zero-order chi connectivity index (χ0) is 22.5. The van der Waals surface area contributed by atoms with Crippen LogP contribution in [0.3, 0.4) is 0 Å². The summed E-state index contributed by atoms with van der Waals surface area (Å²) in [5, 5.41) is 19.2. The highest BCUT2D eigenvalue weighted by Gasteiger charge is 2.16. The van der Waals surface area contributed by atoms with Gasteiger partial charge >= 0.3 is 0 Å². The Morgan fingerprint density at radius 3 is 2.38 bits per heavy atom. The van der Waals surface area contributed by atoms with Gasteiger partial charge in [0, 0.05) is 17.7 Å². The molecule has 4 aromatic rings. The molecule has 1 amide bonds. The van der Waals surface area contributed by atoms with Gasteiger partial charge < -0.3 is 0 Å². The predicted molar refractivity (Wildman–Crippen MR) is 122 cm³/mol. The zero-order valence-corrected chi connectivity index (χ0v) is 17.2. The maximum atomic E-state index is 12.7. The summed E-state index contributed by atoms with van der Waals surface area (Å²) in [6.07, 6.45) is 1.41. The Labute approximate surface area is 184 Å². The summed E-state index contributed by atoms with van der Waals surface area (Å²) in [7, 11) is 0. The first kappa shape index (κ1) is 20.7. The van der Waals surface area contributed by atoms with E-state index in [4.69, 9.17) is 0 Å². The van der Waals surface area contributed by atoms with Crippen LogP contribution in [-0.4, -0.2) is 26.8 Å². The molecule has 8 nitrogen and oxygen atoms in total. The number of hydrogen-bond acceptors (Lipinski definition) is 5. The normalized spacial score (nSPS) is 10.9. The fraction of sp³-hybridized carbons (Fsp3) is 0.0417. The van der Waals surface area contributed by atoms with Crippen molar-refractivity contribution in [2.24, 2.45) is 5.10 Å². The van der Waals surface area contributed by atoms with Crippen LogP contribution < -0.4 is 5.43 Å². The number of para-hydroxylation sites is 1. The van der Waals surface area contributed by atoms with E-state index >= 15 is 0 Å². The van der Waals surface area contributed by atoms with E-state index in [0.29, 0.717) is 5.56 Å². The van der Waals surface area contributed by atoms with E-state index in [1.54, 1.807) is 22.9 Å². The quantitative estimate of drug-likeness (QED) is 0.279. The molecule has 0 radical (unpaired) electrons. The Balaban J connectivity index is 1.58. The molecule has 0 atom stereocenters. The molecule has 1 aromatic heterocycles. The third kappa shape index (κ3) is 4.59. The van der Waals surface area contributed by atoms with E-state index in [1.807, 2.05) is 61.5 Å². The lowest BCUT2D eigenvalue weighted by Gasteiger charge is -2.07. The Morgan fingerprint density at radius 1 is 1.03 bits per heavy atom. The topological polar surface area (TPSA) is 102 Å². The highest BCUT2D eigenvalue weighted by molar-refractivity contribution is 5.94. The van der Waals surface area contributed by atoms with Crippen molar-refractivity contribution >= 4 is 17.8 Å². The fourth-order valence-corrected chi connectivity index (χ4v) is 3.09. The number of benzene rings is 3. The average Bonchev–Trinajstić information content (AvgIpc) is 3.26. The minimum absolute atomic E-state index is 0.0127. The molecule has 1 heterocycles. The van der Waals surface area contributed by atoms with Gasteiger partial charge in [0.25, 0.3) is 11.6 Å². The summed E-state index contributed by atoms with van der Waals surface area (Å²) >= 11 is 0. The second-order valence-electron chi connectivity index (χ2n) is 7.08. The number of carbonyl (C=O) groups is 1. The molecule has 4 rings (SSSR count). The number of nitrogens with one attached hydrogen (secondary N) is 1. The zero-order valence-electron chi connectivity index (χ0n) is 17.2. The first-order valence-corrected chi connectivity index (χ1v) is 9.81. The molecule has 0 saturated carbocycles. The Kier molecular flexibility index (Phi) is 5.85. The molecule has 158 valence electrons. The van der Waals surface area contributed by atoms with Crippen LogP contribution in [0.1, 0.15) is 21.6 Å². The van der Waals surface area contributed by atoms with Gasteiger partial charge in [0.2, 0.25) is 0 Å². The van der Waals surface area contributed by atoms with Crippen molar-refractivity contribution < 1.29 is 9.72 Å². The number of aryl methyl sites for hydroxylation is 1. The number of hydrogen-bond donors (Lipinski definition) is 1. The Morgan fingerprint density at radius 2 is 1.72 bits per heavy atom. The van der Waals surface area contributed by atoms with E-state index in [-0.39, 0.29) is 11.4 Å². The number of nitrogens with zero attached hydrogens (tertiary/aromatic N) is 4. The molecule has 32 heavy (non-hydrogen) atoms. The first-order chi connectivity index (χ1) is 15.5. The maximum Gasteiger partial charge on any atom is 0.291 e. The summed E-state index contributed by atoms with van der Waals surface area (Å²) in [5.74, 6) is -0.466. The fourth-order valence-electron chi connectivity index (χ4n) is 3.09. The van der Waals surface area contributed by atoms with Crippen LogP contribution >= 0.6 is 0 Å². The van der Waals surface area contributed by atoms with E-state index in [1.165, 1.54) is 18.3 Å². The lowest BCUT2D eigenvalue weighted by molar-refractivity contribution is -0.384. The van der Waals surface area contributed by atoms with E-state index in [9.17, 15) is 14.9 Å². The molecule has 1 N–H and O–H groups in total. The second kappa shape index (κ2) is 9.05. The molecule has 3 aromatic carbocycles. The predicted octanol–water partition coefficient (Wildman–Crippen LogP) is 4.52. The average molecular weight is 425 g/mol. The monoisotopic (exact) mass is 425 g/mol. The Bertz CT molecular complexity index is 1280. The number of nitro groups is 1. The smallest absolute Gasteiger partial charge is 0.265 e. The first-order valence-electron chi connectivity index (χ1n) is 9.81. The van der Waals surface area contributed by atoms with Crippen molar-refractivity contribution in [2.75, 3.05) is 0 Å². The summed E-state index contributed by atoms with van der Waals surface area (Å²) in [6.45, 7) is 2.01. The van der Waals surface area contributed by atoms with Gasteiger partial charge in [-0.3, -0.25) is 14.9 Å². The maximum absolute atomic E-state index is 12.7. The third-order valence-electron chi connectivity index (χ3n) is 4.77. The van der Waals surface area contributed by atoms with Gasteiger partial charge in [-0.25, -0.2) is 10.1 Å². The van der Waals surface area contributed by atoms with Crippen molar-refractivity contribution in [1.82, 2.24) is 15.2 Å². The van der Waals surface area contributed by atoms with Crippen LogP contribution in [-0.2, 0) is 0 Å². The van der Waals surface area contributed by atoms with Gasteiger partial charge in [0.05, 0.1) is 22.5 Å². The van der Waals surface area contributed by atoms with E-state index in [0.717, 1.165) is 22.5 Å². The van der Waals surface area contributed by atoms with Crippen LogP contribution in [0.2, 0.25) is 0 Å². The molecule has 0 bridgehead atoms. The van der Waals surface area contributed by atoms with Crippen LogP contribution in [0.4, 0.5) is 5.69 Å². The van der Waals surface area contributed by atoms with Crippen molar-refractivity contribution in [1.29, 1.82) is 0 Å². The van der Waals surface area contributed by atoms with Gasteiger partial charge in [0.15, 0.2) is 5.69 Å². The van der Waals surface area contributed by atoms with Crippen molar-refractivity contribution in [3.8, 4) is 16.9 Å². The van der Waals surface area contributed by atoms with Gasteiger partial charge in [0.1, 0.15) is 0 Å². The van der Waals surface area contributed by atoms with Crippen molar-refractivity contribution in [2.45, 2.75) is 6.92 Å². The molecule has 0 aliphatic carbocycles. The number of non-ortho nitro benzene ring substituents is 1. The minimum atomic E-state index is -0.475. The van der Waals surface area contributed by atoms with Crippen molar-refractivity contribution in [3.63, 3.8) is 0 Å². The van der Waals surface area contributed by atoms with Gasteiger partial charge in [-0.05, 0) is 42.8 Å². The van der Waals surface area contributed by atoms with Gasteiger partial charge in [-0.2, -0.15) is 10.2 Å². The minimum Gasteiger partial charge on any atom is -0.265 e. The molecule has 0 aliphatic rings. The van der Waals surface area contributed by atoms with Crippen LogP contribution in [0.25, 0.3) is 16.9 Å². The lowest BCUT2D eigenvalue weighted by Crippen LogP contribution is -2.18. The van der Waals surface area contributed by atoms with Crippen LogP contribution in [0, 0.1) is 17.0 Å². The molecular weight excluding hydrogens is 406 g/mol. The molecule has 8 heteroatoms. The van der Waals surface area contributed by atoms with Gasteiger partial charge in [-0.1, -0.05) is 48.0 Å². The number of aromatic nitrogens is 2. The number of rotatable bonds is 6. The molecule has 0 spiro atoms. The molecule has 0 unspecified atom stereocenters.